The summed E-state index contributed by atoms with van der Waals surface area (Å²) >= 11 is 0. The number of hydrogen-bond donors (Lipinski definition) is 1. The molecule has 1 aliphatic carbocycles. The van der Waals surface area contributed by atoms with Gasteiger partial charge in [0, 0.05) is 18.8 Å². The molecule has 98 valence electrons. The molecule has 2 atom stereocenters. The monoisotopic (exact) mass is 245 g/mol. The van der Waals surface area contributed by atoms with Crippen LogP contribution in [0.5, 0.6) is 0 Å². The van der Waals surface area contributed by atoms with Crippen molar-refractivity contribution in [3.8, 4) is 0 Å². The molecule has 0 spiro atoms. The number of pyridine rings is 1. The minimum atomic E-state index is 0.786. The van der Waals surface area contributed by atoms with Crippen molar-refractivity contribution in [2.75, 3.05) is 12.3 Å². The van der Waals surface area contributed by atoms with Gasteiger partial charge in [-0.15, -0.1) is 0 Å². The zero-order valence-electron chi connectivity index (χ0n) is 11.0. The van der Waals surface area contributed by atoms with E-state index in [0.717, 1.165) is 29.9 Å². The van der Waals surface area contributed by atoms with Crippen molar-refractivity contribution in [1.29, 1.82) is 0 Å². The Hall–Kier alpha value is -1.09. The first-order valence-corrected chi connectivity index (χ1v) is 7.28. The third kappa shape index (κ3) is 2.37. The van der Waals surface area contributed by atoms with E-state index in [4.69, 9.17) is 5.73 Å². The Morgan fingerprint density at radius 1 is 1.22 bits per heavy atom. The van der Waals surface area contributed by atoms with Gasteiger partial charge in [-0.05, 0) is 50.3 Å². The Kier molecular flexibility index (Phi) is 3.50. The lowest BCUT2D eigenvalue weighted by molar-refractivity contribution is 0.0539. The number of nitrogens with two attached hydrogens (primary N) is 1. The first kappa shape index (κ1) is 12.0. The molecule has 1 aliphatic heterocycles. The Labute approximate surface area is 109 Å². The van der Waals surface area contributed by atoms with E-state index in [2.05, 4.69) is 9.88 Å². The summed E-state index contributed by atoms with van der Waals surface area (Å²) in [6.07, 6.45) is 10.3. The molecule has 2 heterocycles. The Balaban J connectivity index is 1.73. The van der Waals surface area contributed by atoms with Gasteiger partial charge in [-0.3, -0.25) is 9.88 Å². The van der Waals surface area contributed by atoms with Gasteiger partial charge in [-0.2, -0.15) is 0 Å². The van der Waals surface area contributed by atoms with E-state index in [9.17, 15) is 0 Å². The molecule has 2 fully saturated rings. The molecule has 1 saturated carbocycles. The van der Waals surface area contributed by atoms with Crippen molar-refractivity contribution in [3.63, 3.8) is 0 Å². The number of piperidine rings is 1. The van der Waals surface area contributed by atoms with Crippen molar-refractivity contribution in [1.82, 2.24) is 9.88 Å². The van der Waals surface area contributed by atoms with Crippen LogP contribution in [0.4, 0.5) is 5.69 Å². The van der Waals surface area contributed by atoms with Crippen molar-refractivity contribution in [3.05, 3.63) is 24.0 Å². The van der Waals surface area contributed by atoms with Gasteiger partial charge in [-0.1, -0.05) is 12.8 Å². The molecule has 0 amide bonds. The second kappa shape index (κ2) is 5.27. The lowest BCUT2D eigenvalue weighted by Crippen LogP contribution is -2.46. The highest BCUT2D eigenvalue weighted by Gasteiger charge is 2.33. The summed E-state index contributed by atoms with van der Waals surface area (Å²) in [4.78, 5) is 7.07. The summed E-state index contributed by atoms with van der Waals surface area (Å²) in [5, 5.41) is 0. The van der Waals surface area contributed by atoms with Gasteiger partial charge >= 0.3 is 0 Å². The minimum Gasteiger partial charge on any atom is -0.397 e. The van der Waals surface area contributed by atoms with E-state index >= 15 is 0 Å². The van der Waals surface area contributed by atoms with E-state index in [-0.39, 0.29) is 0 Å². The molecule has 0 unspecified atom stereocenters. The van der Waals surface area contributed by atoms with Crippen molar-refractivity contribution in [2.45, 2.75) is 51.1 Å². The summed E-state index contributed by atoms with van der Waals surface area (Å²) in [6, 6.07) is 4.66. The van der Waals surface area contributed by atoms with Gasteiger partial charge < -0.3 is 5.73 Å². The van der Waals surface area contributed by atoms with Gasteiger partial charge in [0.1, 0.15) is 0 Å². The van der Waals surface area contributed by atoms with Gasteiger partial charge in [-0.25, -0.2) is 0 Å². The molecule has 1 saturated heterocycles. The van der Waals surface area contributed by atoms with Gasteiger partial charge in [0.15, 0.2) is 0 Å². The van der Waals surface area contributed by atoms with Crippen molar-refractivity contribution in [2.24, 2.45) is 5.92 Å². The molecule has 18 heavy (non-hydrogen) atoms. The molecule has 0 bridgehead atoms. The average Bonchev–Trinajstić information content (AvgIpc) is 2.42. The van der Waals surface area contributed by atoms with E-state index < -0.39 is 0 Å². The normalized spacial score (nSPS) is 28.9. The number of hydrogen-bond acceptors (Lipinski definition) is 3. The molecule has 3 nitrogen and oxygen atoms in total. The molecule has 3 heteroatoms. The van der Waals surface area contributed by atoms with Crippen LogP contribution in [0.15, 0.2) is 18.3 Å². The summed E-state index contributed by atoms with van der Waals surface area (Å²) in [5.74, 6) is 0.928. The first-order chi connectivity index (χ1) is 8.84. The van der Waals surface area contributed by atoms with Crippen LogP contribution in [0.2, 0.25) is 0 Å². The van der Waals surface area contributed by atoms with Gasteiger partial charge in [0.25, 0.3) is 0 Å². The largest absolute Gasteiger partial charge is 0.397 e. The maximum absolute atomic E-state index is 6.02. The van der Waals surface area contributed by atoms with Crippen LogP contribution in [-0.2, 0) is 6.54 Å². The van der Waals surface area contributed by atoms with Crippen LogP contribution in [0.1, 0.15) is 44.2 Å². The third-order valence-electron chi connectivity index (χ3n) is 4.64. The van der Waals surface area contributed by atoms with Crippen LogP contribution in [0.25, 0.3) is 0 Å². The number of rotatable bonds is 2. The van der Waals surface area contributed by atoms with Crippen LogP contribution in [-0.4, -0.2) is 22.5 Å². The number of nitrogens with zero attached hydrogens (tertiary/aromatic N) is 2. The quantitative estimate of drug-likeness (QED) is 0.871. The molecular weight excluding hydrogens is 222 g/mol. The zero-order valence-corrected chi connectivity index (χ0v) is 11.0. The fraction of sp³-hybridized carbons (Fsp3) is 0.667. The molecule has 1 aromatic heterocycles. The minimum absolute atomic E-state index is 0.786. The predicted octanol–water partition coefficient (Wildman–Crippen LogP) is 2.82. The smallest absolute Gasteiger partial charge is 0.0772 e. The number of nitrogen functional groups attached to an aromatic ring is 1. The highest BCUT2D eigenvalue weighted by molar-refractivity contribution is 5.41. The van der Waals surface area contributed by atoms with E-state index in [1.54, 1.807) is 0 Å². The molecule has 2 aliphatic rings. The molecule has 3 rings (SSSR count). The highest BCUT2D eigenvalue weighted by atomic mass is 15.2. The first-order valence-electron chi connectivity index (χ1n) is 7.28. The van der Waals surface area contributed by atoms with E-state index in [1.165, 1.54) is 45.1 Å². The summed E-state index contributed by atoms with van der Waals surface area (Å²) in [6.45, 7) is 2.16. The Morgan fingerprint density at radius 2 is 2.06 bits per heavy atom. The maximum Gasteiger partial charge on any atom is 0.0772 e. The van der Waals surface area contributed by atoms with E-state index in [0.29, 0.717) is 0 Å². The van der Waals surface area contributed by atoms with Crippen LogP contribution < -0.4 is 5.73 Å². The fourth-order valence-corrected chi connectivity index (χ4v) is 3.70. The maximum atomic E-state index is 6.02. The Bertz CT molecular complexity index is 402. The number of aromatic nitrogens is 1. The number of anilines is 1. The second-order valence-electron chi connectivity index (χ2n) is 5.76. The summed E-state index contributed by atoms with van der Waals surface area (Å²) in [5.41, 5.74) is 7.92. The summed E-state index contributed by atoms with van der Waals surface area (Å²) < 4.78 is 0. The number of likely N-dealkylation sites (tertiary alicyclic amines) is 1. The SMILES string of the molecule is Nc1cccnc1CN1CCC[C@H]2CCCC[C@H]21. The van der Waals surface area contributed by atoms with Gasteiger partial charge in [0.2, 0.25) is 0 Å². The highest BCUT2D eigenvalue weighted by Crippen LogP contribution is 2.36. The van der Waals surface area contributed by atoms with Crippen LogP contribution in [0.3, 0.4) is 0 Å². The summed E-state index contributed by atoms with van der Waals surface area (Å²) in [7, 11) is 0. The molecule has 1 aromatic rings. The van der Waals surface area contributed by atoms with Crippen LogP contribution in [0, 0.1) is 5.92 Å². The zero-order chi connectivity index (χ0) is 12.4. The molecule has 2 N–H and O–H groups in total. The van der Waals surface area contributed by atoms with Crippen molar-refractivity contribution >= 4 is 5.69 Å². The lowest BCUT2D eigenvalue weighted by atomic mass is 9.78. The Morgan fingerprint density at radius 3 is 2.94 bits per heavy atom. The van der Waals surface area contributed by atoms with Crippen molar-refractivity contribution < 1.29 is 0 Å². The number of fused-ring (bicyclic) bond motifs is 1. The predicted molar refractivity (Wildman–Crippen MR) is 74.0 cm³/mol. The topological polar surface area (TPSA) is 42.1 Å². The second-order valence-corrected chi connectivity index (χ2v) is 5.76. The van der Waals surface area contributed by atoms with Crippen LogP contribution >= 0.6 is 0 Å². The van der Waals surface area contributed by atoms with Gasteiger partial charge in [0.05, 0.1) is 11.4 Å². The fourth-order valence-electron chi connectivity index (χ4n) is 3.70. The third-order valence-corrected chi connectivity index (χ3v) is 4.64. The lowest BCUT2D eigenvalue weighted by Gasteiger charge is -2.44. The molecule has 0 radical (unpaired) electrons. The average molecular weight is 245 g/mol. The molecule has 0 aromatic carbocycles. The standard InChI is InChI=1S/C15H23N3/c16-13-7-3-9-17-14(13)11-18-10-4-6-12-5-1-2-8-15(12)18/h3,7,9,12,15H,1-2,4-6,8,10-11,16H2/t12-,15-/m1/s1. The van der Waals surface area contributed by atoms with E-state index in [1.807, 2.05) is 18.3 Å². The molecular formula is C15H23N3.